The van der Waals surface area contributed by atoms with Crippen molar-refractivity contribution in [1.29, 1.82) is 0 Å². The van der Waals surface area contributed by atoms with Gasteiger partial charge in [-0.15, -0.1) is 11.3 Å². The van der Waals surface area contributed by atoms with Crippen LogP contribution < -0.4 is 11.1 Å². The van der Waals surface area contributed by atoms with Crippen LogP contribution in [0.2, 0.25) is 0 Å². The molecule has 0 radical (unpaired) electrons. The van der Waals surface area contributed by atoms with Gasteiger partial charge in [0.25, 0.3) is 0 Å². The van der Waals surface area contributed by atoms with Crippen molar-refractivity contribution >= 4 is 17.4 Å². The molecule has 0 unspecified atom stereocenters. The fourth-order valence-electron chi connectivity index (χ4n) is 1.15. The monoisotopic (exact) mass is 257 g/mol. The number of amides is 1. The molecule has 1 heterocycles. The third-order valence-corrected chi connectivity index (χ3v) is 2.68. The molecular formula is C11H19N3O2S. The molecule has 0 saturated heterocycles. The Hall–Kier alpha value is -1.14. The second-order valence-corrected chi connectivity index (χ2v) is 5.57. The largest absolute Gasteiger partial charge is 0.444 e. The molecule has 96 valence electrons. The number of thiazole rings is 1. The molecule has 0 aliphatic heterocycles. The number of hydrogen-bond donors (Lipinski definition) is 2. The molecule has 0 aromatic carbocycles. The zero-order valence-electron chi connectivity index (χ0n) is 10.4. The highest BCUT2D eigenvalue weighted by molar-refractivity contribution is 7.09. The molecule has 0 saturated carbocycles. The molecule has 17 heavy (non-hydrogen) atoms. The average molecular weight is 257 g/mol. The fraction of sp³-hybridized carbons (Fsp3) is 0.636. The molecule has 0 aliphatic rings. The van der Waals surface area contributed by atoms with Crippen LogP contribution in [0.3, 0.4) is 0 Å². The normalized spacial score (nSPS) is 11.3. The molecule has 0 fully saturated rings. The van der Waals surface area contributed by atoms with Crippen molar-refractivity contribution in [3.05, 3.63) is 16.1 Å². The third-order valence-electron chi connectivity index (χ3n) is 1.78. The zero-order valence-corrected chi connectivity index (χ0v) is 11.3. The summed E-state index contributed by atoms with van der Waals surface area (Å²) in [7, 11) is 0. The summed E-state index contributed by atoms with van der Waals surface area (Å²) in [5.41, 5.74) is 5.93. The smallest absolute Gasteiger partial charge is 0.408 e. The number of nitrogens with zero attached hydrogens (tertiary/aromatic N) is 1. The number of nitrogens with two attached hydrogens (primary N) is 1. The first-order valence-electron chi connectivity index (χ1n) is 5.51. The number of carbonyl (C=O) groups excluding carboxylic acids is 1. The van der Waals surface area contributed by atoms with Crippen LogP contribution in [0.5, 0.6) is 0 Å². The standard InChI is InChI=1S/C11H19N3O2S/c1-11(2,3)16-10(15)13-6-9-14-8(4-5-12)7-17-9/h7H,4-6,12H2,1-3H3,(H,13,15). The van der Waals surface area contributed by atoms with Crippen molar-refractivity contribution in [3.63, 3.8) is 0 Å². The summed E-state index contributed by atoms with van der Waals surface area (Å²) in [5, 5.41) is 5.48. The molecule has 0 aliphatic carbocycles. The summed E-state index contributed by atoms with van der Waals surface area (Å²) in [4.78, 5) is 15.7. The van der Waals surface area contributed by atoms with Crippen molar-refractivity contribution in [2.24, 2.45) is 5.73 Å². The lowest BCUT2D eigenvalue weighted by Crippen LogP contribution is -2.32. The van der Waals surface area contributed by atoms with Crippen molar-refractivity contribution in [2.45, 2.75) is 39.3 Å². The Morgan fingerprint density at radius 2 is 2.29 bits per heavy atom. The minimum atomic E-state index is -0.475. The minimum absolute atomic E-state index is 0.393. The molecule has 6 heteroatoms. The fourth-order valence-corrected chi connectivity index (χ4v) is 1.92. The number of rotatable bonds is 4. The van der Waals surface area contributed by atoms with E-state index < -0.39 is 11.7 Å². The van der Waals surface area contributed by atoms with Crippen LogP contribution >= 0.6 is 11.3 Å². The van der Waals surface area contributed by atoms with Crippen molar-refractivity contribution in [3.8, 4) is 0 Å². The molecule has 1 aromatic rings. The van der Waals surface area contributed by atoms with Gasteiger partial charge in [-0.2, -0.15) is 0 Å². The van der Waals surface area contributed by atoms with Gasteiger partial charge in [-0.1, -0.05) is 0 Å². The van der Waals surface area contributed by atoms with E-state index in [0.29, 0.717) is 13.1 Å². The molecule has 0 spiro atoms. The quantitative estimate of drug-likeness (QED) is 0.860. The third kappa shape index (κ3) is 5.65. The number of ether oxygens (including phenoxy) is 1. The molecule has 1 amide bonds. The highest BCUT2D eigenvalue weighted by Crippen LogP contribution is 2.10. The van der Waals surface area contributed by atoms with E-state index in [4.69, 9.17) is 10.5 Å². The van der Waals surface area contributed by atoms with Gasteiger partial charge in [-0.25, -0.2) is 9.78 Å². The van der Waals surface area contributed by atoms with E-state index in [9.17, 15) is 4.79 Å². The summed E-state index contributed by atoms with van der Waals surface area (Å²) in [6, 6.07) is 0. The summed E-state index contributed by atoms with van der Waals surface area (Å²) in [5.74, 6) is 0. The Labute approximate surface area is 105 Å². The summed E-state index contributed by atoms with van der Waals surface area (Å²) < 4.78 is 5.12. The molecule has 3 N–H and O–H groups in total. The Kier molecular flexibility index (Phi) is 4.89. The first-order valence-corrected chi connectivity index (χ1v) is 6.39. The first-order chi connectivity index (χ1) is 7.90. The molecule has 0 bridgehead atoms. The first kappa shape index (κ1) is 13.9. The maximum Gasteiger partial charge on any atom is 0.408 e. The summed E-state index contributed by atoms with van der Waals surface area (Å²) in [6.07, 6.45) is 0.344. The van der Waals surface area contributed by atoms with Gasteiger partial charge in [-0.05, 0) is 27.3 Å². The van der Waals surface area contributed by atoms with Gasteiger partial charge in [0.05, 0.1) is 12.2 Å². The summed E-state index contributed by atoms with van der Waals surface area (Å²) in [6.45, 7) is 6.47. The highest BCUT2D eigenvalue weighted by atomic mass is 32.1. The van der Waals surface area contributed by atoms with E-state index in [-0.39, 0.29) is 0 Å². The van der Waals surface area contributed by atoms with E-state index in [1.807, 2.05) is 26.2 Å². The Morgan fingerprint density at radius 1 is 1.59 bits per heavy atom. The molecule has 5 nitrogen and oxygen atoms in total. The van der Waals surface area contributed by atoms with Crippen LogP contribution in [0, 0.1) is 0 Å². The van der Waals surface area contributed by atoms with Crippen molar-refractivity contribution in [2.75, 3.05) is 6.54 Å². The highest BCUT2D eigenvalue weighted by Gasteiger charge is 2.16. The lowest BCUT2D eigenvalue weighted by molar-refractivity contribution is 0.0523. The Morgan fingerprint density at radius 3 is 2.88 bits per heavy atom. The average Bonchev–Trinajstić information content (AvgIpc) is 2.61. The van der Waals surface area contributed by atoms with E-state index in [2.05, 4.69) is 10.3 Å². The van der Waals surface area contributed by atoms with E-state index in [0.717, 1.165) is 17.1 Å². The van der Waals surface area contributed by atoms with Gasteiger partial charge >= 0.3 is 6.09 Å². The number of nitrogens with one attached hydrogen (secondary N) is 1. The number of aromatic nitrogens is 1. The van der Waals surface area contributed by atoms with Gasteiger partial charge in [0, 0.05) is 11.8 Å². The predicted molar refractivity (Wildman–Crippen MR) is 67.9 cm³/mol. The van der Waals surface area contributed by atoms with Crippen LogP contribution in [-0.2, 0) is 17.7 Å². The van der Waals surface area contributed by atoms with Crippen LogP contribution in [0.4, 0.5) is 4.79 Å². The van der Waals surface area contributed by atoms with E-state index >= 15 is 0 Å². The molecule has 1 aromatic heterocycles. The minimum Gasteiger partial charge on any atom is -0.444 e. The van der Waals surface area contributed by atoms with Gasteiger partial charge in [0.2, 0.25) is 0 Å². The molecule has 1 rings (SSSR count). The Balaban J connectivity index is 2.37. The van der Waals surface area contributed by atoms with Gasteiger partial charge in [0.15, 0.2) is 0 Å². The van der Waals surface area contributed by atoms with Crippen LogP contribution in [0.1, 0.15) is 31.5 Å². The Bertz CT molecular complexity index is 371. The predicted octanol–water partition coefficient (Wildman–Crippen LogP) is 1.67. The summed E-state index contributed by atoms with van der Waals surface area (Å²) >= 11 is 1.51. The molecule has 0 atom stereocenters. The van der Waals surface area contributed by atoms with Crippen LogP contribution in [-0.4, -0.2) is 23.2 Å². The van der Waals surface area contributed by atoms with E-state index in [1.165, 1.54) is 11.3 Å². The number of alkyl carbamates (subject to hydrolysis) is 1. The van der Waals surface area contributed by atoms with Gasteiger partial charge < -0.3 is 15.8 Å². The lowest BCUT2D eigenvalue weighted by atomic mass is 10.2. The van der Waals surface area contributed by atoms with Crippen molar-refractivity contribution in [1.82, 2.24) is 10.3 Å². The second-order valence-electron chi connectivity index (χ2n) is 4.63. The maximum atomic E-state index is 11.4. The number of hydrogen-bond acceptors (Lipinski definition) is 5. The SMILES string of the molecule is CC(C)(C)OC(=O)NCc1nc(CCN)cs1. The van der Waals surface area contributed by atoms with Crippen molar-refractivity contribution < 1.29 is 9.53 Å². The van der Waals surface area contributed by atoms with Crippen LogP contribution in [0.15, 0.2) is 5.38 Å². The van der Waals surface area contributed by atoms with Gasteiger partial charge in [-0.3, -0.25) is 0 Å². The second kappa shape index (κ2) is 5.97. The van der Waals surface area contributed by atoms with E-state index in [1.54, 1.807) is 0 Å². The molecular weight excluding hydrogens is 238 g/mol. The maximum absolute atomic E-state index is 11.4. The topological polar surface area (TPSA) is 77.2 Å². The van der Waals surface area contributed by atoms with Crippen LogP contribution in [0.25, 0.3) is 0 Å². The number of carbonyl (C=O) groups is 1. The van der Waals surface area contributed by atoms with Gasteiger partial charge in [0.1, 0.15) is 10.6 Å². The lowest BCUT2D eigenvalue weighted by Gasteiger charge is -2.19. The zero-order chi connectivity index (χ0) is 12.9.